The van der Waals surface area contributed by atoms with Gasteiger partial charge in [0.25, 0.3) is 5.91 Å². The number of nitrogens with one attached hydrogen (secondary N) is 1. The van der Waals surface area contributed by atoms with Crippen LogP contribution in [0.4, 0.5) is 11.4 Å². The Morgan fingerprint density at radius 1 is 0.933 bits per heavy atom. The highest BCUT2D eigenvalue weighted by atomic mass is 32.2. The van der Waals surface area contributed by atoms with Crippen LogP contribution >= 0.6 is 11.8 Å². The molecular weight excluding hydrogens is 392 g/mol. The first-order valence-corrected chi connectivity index (χ1v) is 11.0. The summed E-state index contributed by atoms with van der Waals surface area (Å²) in [6.45, 7) is 0. The fourth-order valence-electron chi connectivity index (χ4n) is 3.57. The van der Waals surface area contributed by atoms with E-state index in [9.17, 15) is 9.59 Å². The van der Waals surface area contributed by atoms with E-state index in [-0.39, 0.29) is 11.8 Å². The molecule has 1 heterocycles. The molecule has 152 valence electrons. The third kappa shape index (κ3) is 4.57. The van der Waals surface area contributed by atoms with Crippen molar-refractivity contribution in [3.63, 3.8) is 0 Å². The highest BCUT2D eigenvalue weighted by Crippen LogP contribution is 2.41. The minimum Gasteiger partial charge on any atom is -0.326 e. The Hall–Kier alpha value is -3.05. The molecule has 5 heteroatoms. The summed E-state index contributed by atoms with van der Waals surface area (Å²) < 4.78 is 0. The standard InChI is InChI=1S/C25H24N2O2S/c1-27-21-17-19(26-24(28)14-8-5-11-18-9-3-2-4-10-18)15-16-23(21)30-22-13-7-6-12-20(22)25(27)29/h2-4,6-7,9-10,12-13,15-17H,5,8,11,14H2,1H3,(H,26,28). The fraction of sp³-hybridized carbons (Fsp3) is 0.200. The van der Waals surface area contributed by atoms with Gasteiger partial charge < -0.3 is 10.2 Å². The molecule has 1 aliphatic heterocycles. The Morgan fingerprint density at radius 3 is 2.53 bits per heavy atom. The highest BCUT2D eigenvalue weighted by Gasteiger charge is 2.24. The molecule has 0 saturated carbocycles. The van der Waals surface area contributed by atoms with Crippen molar-refractivity contribution in [3.05, 3.63) is 83.9 Å². The number of amides is 2. The van der Waals surface area contributed by atoms with Crippen LogP contribution in [0.15, 0.2) is 82.6 Å². The van der Waals surface area contributed by atoms with E-state index in [2.05, 4.69) is 17.4 Å². The Morgan fingerprint density at radius 2 is 1.70 bits per heavy atom. The molecule has 4 nitrogen and oxygen atoms in total. The van der Waals surface area contributed by atoms with Crippen molar-refractivity contribution in [2.75, 3.05) is 17.3 Å². The summed E-state index contributed by atoms with van der Waals surface area (Å²) in [5.41, 5.74) is 3.52. The molecular formula is C25H24N2O2S. The van der Waals surface area contributed by atoms with E-state index in [0.717, 1.165) is 34.7 Å². The molecule has 0 aliphatic carbocycles. The van der Waals surface area contributed by atoms with E-state index < -0.39 is 0 Å². The minimum absolute atomic E-state index is 0.00144. The molecule has 0 fully saturated rings. The predicted molar refractivity (Wildman–Crippen MR) is 122 cm³/mol. The van der Waals surface area contributed by atoms with Crippen LogP contribution in [0.1, 0.15) is 35.2 Å². The largest absolute Gasteiger partial charge is 0.326 e. The van der Waals surface area contributed by atoms with E-state index in [1.165, 1.54) is 5.56 Å². The summed E-state index contributed by atoms with van der Waals surface area (Å²) >= 11 is 1.58. The highest BCUT2D eigenvalue weighted by molar-refractivity contribution is 7.99. The lowest BCUT2D eigenvalue weighted by Crippen LogP contribution is -2.26. The first-order chi connectivity index (χ1) is 14.6. The van der Waals surface area contributed by atoms with Crippen LogP contribution in [0, 0.1) is 0 Å². The average Bonchev–Trinajstić information content (AvgIpc) is 2.87. The summed E-state index contributed by atoms with van der Waals surface area (Å²) in [6, 6.07) is 23.7. The maximum absolute atomic E-state index is 12.8. The second-order valence-corrected chi connectivity index (χ2v) is 8.47. The molecule has 1 N–H and O–H groups in total. The van der Waals surface area contributed by atoms with Crippen LogP contribution in [0.2, 0.25) is 0 Å². The topological polar surface area (TPSA) is 49.4 Å². The van der Waals surface area contributed by atoms with Crippen molar-refractivity contribution in [2.24, 2.45) is 0 Å². The zero-order chi connectivity index (χ0) is 20.9. The number of carbonyl (C=O) groups excluding carboxylic acids is 2. The van der Waals surface area contributed by atoms with Crippen LogP contribution in [-0.2, 0) is 11.2 Å². The second-order valence-electron chi connectivity index (χ2n) is 7.39. The Bertz CT molecular complexity index is 1070. The Kier molecular flexibility index (Phi) is 6.19. The zero-order valence-electron chi connectivity index (χ0n) is 16.9. The molecule has 0 atom stereocenters. The van der Waals surface area contributed by atoms with Crippen molar-refractivity contribution in [2.45, 2.75) is 35.5 Å². The summed E-state index contributed by atoms with van der Waals surface area (Å²) in [7, 11) is 1.78. The van der Waals surface area contributed by atoms with Crippen LogP contribution < -0.4 is 10.2 Å². The third-order valence-corrected chi connectivity index (χ3v) is 6.35. The number of hydrogen-bond donors (Lipinski definition) is 1. The summed E-state index contributed by atoms with van der Waals surface area (Å²) in [6.07, 6.45) is 3.29. The smallest absolute Gasteiger partial charge is 0.259 e. The van der Waals surface area contributed by atoms with Crippen molar-refractivity contribution >= 4 is 35.0 Å². The summed E-state index contributed by atoms with van der Waals surface area (Å²) in [5, 5.41) is 2.98. The number of unbranched alkanes of at least 4 members (excludes halogenated alkanes) is 1. The lowest BCUT2D eigenvalue weighted by molar-refractivity contribution is -0.116. The lowest BCUT2D eigenvalue weighted by Gasteiger charge is -2.18. The molecule has 0 unspecified atom stereocenters. The van der Waals surface area contributed by atoms with Gasteiger partial charge in [0.1, 0.15) is 0 Å². The van der Waals surface area contributed by atoms with Gasteiger partial charge in [0.2, 0.25) is 5.91 Å². The van der Waals surface area contributed by atoms with E-state index in [1.807, 2.05) is 60.7 Å². The second kappa shape index (κ2) is 9.18. The van der Waals surface area contributed by atoms with Gasteiger partial charge in [-0.05, 0) is 55.2 Å². The van der Waals surface area contributed by atoms with E-state index in [1.54, 1.807) is 23.7 Å². The molecule has 1 aliphatic rings. The Balaban J connectivity index is 1.38. The Labute approximate surface area is 181 Å². The molecule has 30 heavy (non-hydrogen) atoms. The van der Waals surface area contributed by atoms with Crippen LogP contribution in [0.3, 0.4) is 0 Å². The van der Waals surface area contributed by atoms with Gasteiger partial charge in [-0.1, -0.05) is 54.2 Å². The average molecular weight is 417 g/mol. The first kappa shape index (κ1) is 20.2. The quantitative estimate of drug-likeness (QED) is 0.518. The van der Waals surface area contributed by atoms with Gasteiger partial charge in [0.15, 0.2) is 0 Å². The number of hydrogen-bond acceptors (Lipinski definition) is 3. The number of fused-ring (bicyclic) bond motifs is 2. The van der Waals surface area contributed by atoms with Gasteiger partial charge in [0, 0.05) is 28.9 Å². The number of benzene rings is 3. The van der Waals surface area contributed by atoms with Crippen molar-refractivity contribution in [1.29, 1.82) is 0 Å². The van der Waals surface area contributed by atoms with Gasteiger partial charge in [-0.2, -0.15) is 0 Å². The van der Waals surface area contributed by atoms with E-state index in [4.69, 9.17) is 0 Å². The van der Waals surface area contributed by atoms with Crippen LogP contribution in [0.5, 0.6) is 0 Å². The van der Waals surface area contributed by atoms with Gasteiger partial charge >= 0.3 is 0 Å². The summed E-state index contributed by atoms with van der Waals surface area (Å²) in [5.74, 6) is -0.0391. The van der Waals surface area contributed by atoms with E-state index >= 15 is 0 Å². The van der Waals surface area contributed by atoms with Gasteiger partial charge in [0.05, 0.1) is 11.3 Å². The van der Waals surface area contributed by atoms with Crippen LogP contribution in [-0.4, -0.2) is 18.9 Å². The summed E-state index contributed by atoms with van der Waals surface area (Å²) in [4.78, 5) is 28.8. The molecule has 0 saturated heterocycles. The molecule has 0 radical (unpaired) electrons. The van der Waals surface area contributed by atoms with E-state index in [0.29, 0.717) is 17.7 Å². The van der Waals surface area contributed by atoms with Gasteiger partial charge in [-0.3, -0.25) is 9.59 Å². The maximum atomic E-state index is 12.8. The fourth-order valence-corrected chi connectivity index (χ4v) is 4.65. The normalized spacial score (nSPS) is 12.7. The molecule has 0 spiro atoms. The van der Waals surface area contributed by atoms with Crippen LogP contribution in [0.25, 0.3) is 0 Å². The van der Waals surface area contributed by atoms with Gasteiger partial charge in [-0.25, -0.2) is 0 Å². The predicted octanol–water partition coefficient (Wildman–Crippen LogP) is 5.78. The van der Waals surface area contributed by atoms with Crippen molar-refractivity contribution in [1.82, 2.24) is 0 Å². The molecule has 0 bridgehead atoms. The molecule has 4 rings (SSSR count). The van der Waals surface area contributed by atoms with Crippen molar-refractivity contribution in [3.8, 4) is 0 Å². The lowest BCUT2D eigenvalue weighted by atomic mass is 10.1. The number of aryl methyl sites for hydroxylation is 1. The monoisotopic (exact) mass is 416 g/mol. The number of rotatable bonds is 6. The number of nitrogens with zero attached hydrogens (tertiary/aromatic N) is 1. The zero-order valence-corrected chi connectivity index (χ0v) is 17.7. The van der Waals surface area contributed by atoms with Gasteiger partial charge in [-0.15, -0.1) is 0 Å². The number of anilines is 2. The molecule has 3 aromatic carbocycles. The first-order valence-electron chi connectivity index (χ1n) is 10.1. The SMILES string of the molecule is CN1C(=O)c2ccccc2Sc2ccc(NC(=O)CCCCc3ccccc3)cc21. The molecule has 2 amide bonds. The molecule has 3 aromatic rings. The third-order valence-electron chi connectivity index (χ3n) is 5.21. The maximum Gasteiger partial charge on any atom is 0.259 e. The van der Waals surface area contributed by atoms with Crippen molar-refractivity contribution < 1.29 is 9.59 Å². The minimum atomic E-state index is -0.0405. The molecule has 0 aromatic heterocycles. The number of carbonyl (C=O) groups is 2.